The predicted octanol–water partition coefficient (Wildman–Crippen LogP) is 3.16. The van der Waals surface area contributed by atoms with Crippen LogP contribution in [0.1, 0.15) is 57.8 Å². The Morgan fingerprint density at radius 2 is 2.06 bits per heavy atom. The van der Waals surface area contributed by atoms with E-state index >= 15 is 0 Å². The molecule has 1 saturated heterocycles. The second kappa shape index (κ2) is 4.74. The van der Waals surface area contributed by atoms with Crippen LogP contribution in [-0.4, -0.2) is 18.2 Å². The van der Waals surface area contributed by atoms with Crippen molar-refractivity contribution in [1.29, 1.82) is 0 Å². The summed E-state index contributed by atoms with van der Waals surface area (Å²) >= 11 is 0. The monoisotopic (exact) mass is 235 g/mol. The average molecular weight is 235 g/mol. The predicted molar refractivity (Wildman–Crippen MR) is 69.8 cm³/mol. The van der Waals surface area contributed by atoms with Gasteiger partial charge in [0.1, 0.15) is 0 Å². The molecule has 3 aliphatic rings. The number of ether oxygens (including phenoxy) is 1. The van der Waals surface area contributed by atoms with Gasteiger partial charge >= 0.3 is 0 Å². The van der Waals surface area contributed by atoms with Gasteiger partial charge in [-0.25, -0.2) is 0 Å². The molecule has 0 bridgehead atoms. The normalized spacial score (nSPS) is 37.1. The van der Waals surface area contributed by atoms with Crippen LogP contribution in [0.4, 0.5) is 0 Å². The molecule has 1 aliphatic heterocycles. The first kappa shape index (κ1) is 11.7. The van der Waals surface area contributed by atoms with Crippen LogP contribution in [0.5, 0.6) is 0 Å². The highest BCUT2D eigenvalue weighted by Crippen LogP contribution is 2.45. The van der Waals surface area contributed by atoms with Crippen molar-refractivity contribution in [3.05, 3.63) is 11.6 Å². The molecule has 96 valence electrons. The lowest BCUT2D eigenvalue weighted by Crippen LogP contribution is -2.38. The first-order valence-corrected chi connectivity index (χ1v) is 7.36. The lowest BCUT2D eigenvalue weighted by atomic mass is 9.77. The second-order valence-corrected chi connectivity index (χ2v) is 6.24. The second-order valence-electron chi connectivity index (χ2n) is 6.24. The Morgan fingerprint density at radius 3 is 2.76 bits per heavy atom. The minimum Gasteiger partial charge on any atom is -0.375 e. The van der Waals surface area contributed by atoms with Crippen molar-refractivity contribution in [3.63, 3.8) is 0 Å². The lowest BCUT2D eigenvalue weighted by Gasteiger charge is -2.40. The van der Waals surface area contributed by atoms with E-state index in [2.05, 4.69) is 6.08 Å². The number of hydrogen-bond acceptors (Lipinski definition) is 2. The minimum atomic E-state index is 0.267. The zero-order valence-electron chi connectivity index (χ0n) is 10.8. The Kier molecular flexibility index (Phi) is 3.27. The smallest absolute Gasteiger partial charge is 0.0688 e. The van der Waals surface area contributed by atoms with Crippen LogP contribution in [0.15, 0.2) is 11.6 Å². The molecule has 0 aromatic heterocycles. The first-order valence-electron chi connectivity index (χ1n) is 7.36. The van der Waals surface area contributed by atoms with Gasteiger partial charge in [-0.3, -0.25) is 0 Å². The molecule has 2 unspecified atom stereocenters. The highest BCUT2D eigenvalue weighted by atomic mass is 16.5. The molecule has 2 aliphatic carbocycles. The molecule has 2 atom stereocenters. The zero-order chi connectivity index (χ0) is 11.7. The van der Waals surface area contributed by atoms with E-state index in [1.165, 1.54) is 51.4 Å². The molecule has 0 radical (unpaired) electrons. The van der Waals surface area contributed by atoms with E-state index in [0.717, 1.165) is 18.9 Å². The van der Waals surface area contributed by atoms with Crippen LogP contribution in [0.2, 0.25) is 0 Å². The summed E-state index contributed by atoms with van der Waals surface area (Å²) in [6.07, 6.45) is 13.8. The third-order valence-electron chi connectivity index (χ3n) is 5.02. The molecule has 1 saturated carbocycles. The van der Waals surface area contributed by atoms with Gasteiger partial charge in [-0.1, -0.05) is 24.5 Å². The van der Waals surface area contributed by atoms with Gasteiger partial charge in [-0.2, -0.15) is 0 Å². The molecule has 17 heavy (non-hydrogen) atoms. The van der Waals surface area contributed by atoms with Gasteiger partial charge in [-0.05, 0) is 50.9 Å². The van der Waals surface area contributed by atoms with Crippen molar-refractivity contribution >= 4 is 0 Å². The van der Waals surface area contributed by atoms with E-state index in [1.807, 2.05) is 0 Å². The Labute approximate surface area is 105 Å². The maximum Gasteiger partial charge on any atom is 0.0688 e. The fourth-order valence-corrected chi connectivity index (χ4v) is 3.96. The van der Waals surface area contributed by atoms with Crippen LogP contribution >= 0.6 is 0 Å². The van der Waals surface area contributed by atoms with E-state index in [0.29, 0.717) is 6.04 Å². The maximum atomic E-state index is 6.12. The van der Waals surface area contributed by atoms with Gasteiger partial charge in [-0.15, -0.1) is 0 Å². The fraction of sp³-hybridized carbons (Fsp3) is 0.867. The fourth-order valence-electron chi connectivity index (χ4n) is 3.96. The topological polar surface area (TPSA) is 35.2 Å². The van der Waals surface area contributed by atoms with Crippen LogP contribution in [0.25, 0.3) is 0 Å². The van der Waals surface area contributed by atoms with Gasteiger partial charge in [0.15, 0.2) is 0 Å². The summed E-state index contributed by atoms with van der Waals surface area (Å²) in [6, 6.07) is 0.416. The van der Waals surface area contributed by atoms with Crippen molar-refractivity contribution in [3.8, 4) is 0 Å². The van der Waals surface area contributed by atoms with Crippen molar-refractivity contribution in [1.82, 2.24) is 0 Å². The van der Waals surface area contributed by atoms with E-state index in [1.54, 1.807) is 5.57 Å². The summed E-state index contributed by atoms with van der Waals surface area (Å²) in [6.45, 7) is 0.980. The SMILES string of the molecule is NC1CC=C(C2CCOC3(CCCC3)C2)CC1. The molecule has 2 N–H and O–H groups in total. The average Bonchev–Trinajstić information content (AvgIpc) is 2.78. The first-order chi connectivity index (χ1) is 8.27. The summed E-state index contributed by atoms with van der Waals surface area (Å²) in [7, 11) is 0. The van der Waals surface area contributed by atoms with Crippen molar-refractivity contribution in [2.45, 2.75) is 69.4 Å². The molecular weight excluding hydrogens is 210 g/mol. The molecule has 0 amide bonds. The minimum absolute atomic E-state index is 0.267. The summed E-state index contributed by atoms with van der Waals surface area (Å²) < 4.78 is 6.12. The van der Waals surface area contributed by atoms with Crippen LogP contribution in [0, 0.1) is 5.92 Å². The molecule has 1 spiro atoms. The molecule has 2 fully saturated rings. The number of nitrogens with two attached hydrogens (primary N) is 1. The Balaban J connectivity index is 1.67. The number of allylic oxidation sites excluding steroid dienone is 1. The van der Waals surface area contributed by atoms with Crippen molar-refractivity contribution in [2.24, 2.45) is 11.7 Å². The summed E-state index contributed by atoms with van der Waals surface area (Å²) in [4.78, 5) is 0. The quantitative estimate of drug-likeness (QED) is 0.709. The van der Waals surface area contributed by atoms with Gasteiger partial charge in [0.25, 0.3) is 0 Å². The summed E-state index contributed by atoms with van der Waals surface area (Å²) in [5.74, 6) is 0.800. The van der Waals surface area contributed by atoms with Crippen LogP contribution in [0.3, 0.4) is 0 Å². The number of hydrogen-bond donors (Lipinski definition) is 1. The third kappa shape index (κ3) is 2.43. The van der Waals surface area contributed by atoms with Crippen LogP contribution < -0.4 is 5.73 Å². The lowest BCUT2D eigenvalue weighted by molar-refractivity contribution is -0.0875. The summed E-state index contributed by atoms with van der Waals surface area (Å²) in [5, 5.41) is 0. The Morgan fingerprint density at radius 1 is 1.24 bits per heavy atom. The highest BCUT2D eigenvalue weighted by molar-refractivity contribution is 5.14. The van der Waals surface area contributed by atoms with E-state index in [-0.39, 0.29) is 5.60 Å². The molecule has 1 heterocycles. The number of rotatable bonds is 1. The highest BCUT2D eigenvalue weighted by Gasteiger charge is 2.40. The largest absolute Gasteiger partial charge is 0.375 e. The van der Waals surface area contributed by atoms with E-state index in [4.69, 9.17) is 10.5 Å². The molecule has 3 rings (SSSR count). The Bertz CT molecular complexity index is 304. The van der Waals surface area contributed by atoms with E-state index in [9.17, 15) is 0 Å². The zero-order valence-corrected chi connectivity index (χ0v) is 10.8. The molecule has 0 aromatic rings. The van der Waals surface area contributed by atoms with Gasteiger partial charge in [0.2, 0.25) is 0 Å². The standard InChI is InChI=1S/C15H25NO/c16-14-5-3-12(4-6-14)13-7-10-17-15(11-13)8-1-2-9-15/h3,13-14H,1-2,4-11,16H2. The summed E-state index contributed by atoms with van der Waals surface area (Å²) in [5.41, 5.74) is 7.94. The van der Waals surface area contributed by atoms with Crippen molar-refractivity contribution in [2.75, 3.05) is 6.61 Å². The third-order valence-corrected chi connectivity index (χ3v) is 5.02. The van der Waals surface area contributed by atoms with Gasteiger partial charge in [0.05, 0.1) is 5.60 Å². The van der Waals surface area contributed by atoms with Gasteiger partial charge in [0, 0.05) is 12.6 Å². The molecule has 2 heteroatoms. The van der Waals surface area contributed by atoms with Gasteiger partial charge < -0.3 is 10.5 Å². The molecule has 2 nitrogen and oxygen atoms in total. The van der Waals surface area contributed by atoms with Crippen LogP contribution in [-0.2, 0) is 4.74 Å². The van der Waals surface area contributed by atoms with E-state index < -0.39 is 0 Å². The molecule has 0 aromatic carbocycles. The Hall–Kier alpha value is -0.340. The maximum absolute atomic E-state index is 6.12. The van der Waals surface area contributed by atoms with Crippen molar-refractivity contribution < 1.29 is 4.74 Å². The molecular formula is C15H25NO.